The fourth-order valence-electron chi connectivity index (χ4n) is 4.61. The van der Waals surface area contributed by atoms with Gasteiger partial charge in [0.15, 0.2) is 14.6 Å². The molecule has 2 aliphatic rings. The Morgan fingerprint density at radius 3 is 1.89 bits per heavy atom. The number of nitrogens with zero attached hydrogens (tertiary/aromatic N) is 1. The molecule has 0 spiro atoms. The highest BCUT2D eigenvalue weighted by molar-refractivity contribution is 7.93. The second kappa shape index (κ2) is 10.1. The van der Waals surface area contributed by atoms with Gasteiger partial charge in [0, 0.05) is 19.1 Å². The summed E-state index contributed by atoms with van der Waals surface area (Å²) in [6.07, 6.45) is -6.16. The first-order chi connectivity index (χ1) is 17.6. The largest absolute Gasteiger partial charge is 0.461 e. The van der Waals surface area contributed by atoms with Crippen molar-refractivity contribution in [2.75, 3.05) is 13.1 Å². The van der Waals surface area contributed by atoms with Gasteiger partial charge >= 0.3 is 18.5 Å². The summed E-state index contributed by atoms with van der Waals surface area (Å²) in [4.78, 5) is 15.6. The molecule has 4 rings (SSSR count). The molecular formula is C27H31F4NO5S. The standard InChI is InChI=1S/C27H31F4NO5S/c1-25(2,3)37-24(33)26(14-16-32(17-15-26)20-8-9-20)38(34,35)22-12-6-19(7-13-22)18-4-10-21(11-5-18)36-27(30,31)23(28)29/h4-7,10-13,20,23H,8-9,14-17H2,1-3H3. The fraction of sp³-hybridized carbons (Fsp3) is 0.519. The first kappa shape index (κ1) is 28.4. The summed E-state index contributed by atoms with van der Waals surface area (Å²) >= 11 is 0. The molecule has 6 nitrogen and oxygen atoms in total. The number of benzene rings is 2. The third-order valence-electron chi connectivity index (χ3n) is 6.81. The highest BCUT2D eigenvalue weighted by Crippen LogP contribution is 2.41. The maximum Gasteiger partial charge on any atom is 0.461 e. The highest BCUT2D eigenvalue weighted by atomic mass is 32.2. The topological polar surface area (TPSA) is 72.9 Å². The third kappa shape index (κ3) is 5.83. The van der Waals surface area contributed by atoms with Crippen molar-refractivity contribution < 1.29 is 40.2 Å². The third-order valence-corrected chi connectivity index (χ3v) is 9.31. The van der Waals surface area contributed by atoms with Crippen LogP contribution >= 0.6 is 0 Å². The number of piperidine rings is 1. The van der Waals surface area contributed by atoms with Crippen LogP contribution in [0.25, 0.3) is 11.1 Å². The van der Waals surface area contributed by atoms with E-state index in [1.165, 1.54) is 24.3 Å². The SMILES string of the molecule is CC(C)(C)OC(=O)C1(S(=O)(=O)c2ccc(-c3ccc(OC(F)(F)C(F)F)cc3)cc2)CCN(C2CC2)CC1. The molecule has 0 bridgehead atoms. The van der Waals surface area contributed by atoms with E-state index in [1.54, 1.807) is 32.9 Å². The average molecular weight is 558 g/mol. The van der Waals surface area contributed by atoms with Crippen LogP contribution in [0.3, 0.4) is 0 Å². The molecule has 0 N–H and O–H groups in total. The lowest BCUT2D eigenvalue weighted by atomic mass is 9.95. The van der Waals surface area contributed by atoms with Gasteiger partial charge in [-0.15, -0.1) is 0 Å². The van der Waals surface area contributed by atoms with Crippen LogP contribution in [-0.4, -0.2) is 61.3 Å². The second-order valence-corrected chi connectivity index (χ2v) is 13.0. The Morgan fingerprint density at radius 1 is 0.947 bits per heavy atom. The molecule has 0 atom stereocenters. The summed E-state index contributed by atoms with van der Waals surface area (Å²) in [6.45, 7) is 6.07. The number of carbonyl (C=O) groups excluding carboxylic acids is 1. The van der Waals surface area contributed by atoms with Crippen molar-refractivity contribution in [3.63, 3.8) is 0 Å². The molecule has 38 heavy (non-hydrogen) atoms. The number of likely N-dealkylation sites (tertiary alicyclic amines) is 1. The summed E-state index contributed by atoms with van der Waals surface area (Å²) in [5.74, 6) is -1.18. The van der Waals surface area contributed by atoms with E-state index in [9.17, 15) is 30.8 Å². The van der Waals surface area contributed by atoms with E-state index in [2.05, 4.69) is 9.64 Å². The number of rotatable bonds is 8. The van der Waals surface area contributed by atoms with Gasteiger partial charge in [0.25, 0.3) is 0 Å². The normalized spacial score (nSPS) is 18.8. The quantitative estimate of drug-likeness (QED) is 0.306. The number of carbonyl (C=O) groups is 1. The molecule has 1 heterocycles. The molecule has 1 aliphatic heterocycles. The predicted octanol–water partition coefficient (Wildman–Crippen LogP) is 5.70. The lowest BCUT2D eigenvalue weighted by molar-refractivity contribution is -0.253. The Labute approximate surface area is 219 Å². The molecule has 2 aromatic carbocycles. The molecule has 2 fully saturated rings. The van der Waals surface area contributed by atoms with Gasteiger partial charge in [-0.05, 0) is 81.8 Å². The minimum atomic E-state index is -4.61. The van der Waals surface area contributed by atoms with Gasteiger partial charge in [-0.3, -0.25) is 4.79 Å². The van der Waals surface area contributed by atoms with E-state index >= 15 is 0 Å². The van der Waals surface area contributed by atoms with Gasteiger partial charge in [-0.1, -0.05) is 24.3 Å². The molecule has 0 unspecified atom stereocenters. The minimum Gasteiger partial charge on any atom is -0.459 e. The monoisotopic (exact) mass is 557 g/mol. The maximum absolute atomic E-state index is 13.9. The van der Waals surface area contributed by atoms with Crippen LogP contribution < -0.4 is 4.74 Å². The van der Waals surface area contributed by atoms with Gasteiger partial charge < -0.3 is 14.4 Å². The summed E-state index contributed by atoms with van der Waals surface area (Å²) < 4.78 is 86.9. The molecule has 2 aromatic rings. The number of ether oxygens (including phenoxy) is 2. The van der Waals surface area contributed by atoms with Crippen molar-refractivity contribution in [2.24, 2.45) is 0 Å². The molecule has 1 saturated carbocycles. The van der Waals surface area contributed by atoms with Crippen molar-refractivity contribution in [1.82, 2.24) is 4.90 Å². The van der Waals surface area contributed by atoms with Crippen LogP contribution in [0.1, 0.15) is 46.5 Å². The highest BCUT2D eigenvalue weighted by Gasteiger charge is 2.55. The lowest BCUT2D eigenvalue weighted by Gasteiger charge is -2.40. The van der Waals surface area contributed by atoms with Crippen LogP contribution in [-0.2, 0) is 19.4 Å². The van der Waals surface area contributed by atoms with Crippen LogP contribution in [0.5, 0.6) is 5.75 Å². The number of halogens is 4. The Balaban J connectivity index is 1.58. The minimum absolute atomic E-state index is 0.0245. The number of esters is 1. The van der Waals surface area contributed by atoms with E-state index in [0.717, 1.165) is 25.0 Å². The molecule has 0 aromatic heterocycles. The Morgan fingerprint density at radius 2 is 1.45 bits per heavy atom. The summed E-state index contributed by atoms with van der Waals surface area (Å²) in [5, 5.41) is 0. The van der Waals surface area contributed by atoms with Crippen LogP contribution in [0.15, 0.2) is 53.4 Å². The van der Waals surface area contributed by atoms with E-state index in [-0.39, 0.29) is 17.7 Å². The molecule has 1 saturated heterocycles. The van der Waals surface area contributed by atoms with Gasteiger partial charge in [0.2, 0.25) is 0 Å². The Bertz CT molecular complexity index is 1250. The first-order valence-electron chi connectivity index (χ1n) is 12.4. The van der Waals surface area contributed by atoms with Crippen molar-refractivity contribution in [3.8, 4) is 16.9 Å². The molecular weight excluding hydrogens is 526 g/mol. The second-order valence-electron chi connectivity index (χ2n) is 10.8. The van der Waals surface area contributed by atoms with E-state index < -0.39 is 44.4 Å². The average Bonchev–Trinajstić information content (AvgIpc) is 3.69. The zero-order valence-corrected chi connectivity index (χ0v) is 22.2. The smallest absolute Gasteiger partial charge is 0.459 e. The van der Waals surface area contributed by atoms with Crippen molar-refractivity contribution >= 4 is 15.8 Å². The molecule has 1 aliphatic carbocycles. The van der Waals surface area contributed by atoms with E-state index in [1.807, 2.05) is 0 Å². The summed E-state index contributed by atoms with van der Waals surface area (Å²) in [7, 11) is -4.13. The first-order valence-corrected chi connectivity index (χ1v) is 13.9. The van der Waals surface area contributed by atoms with Crippen LogP contribution in [0.4, 0.5) is 17.6 Å². The van der Waals surface area contributed by atoms with E-state index in [0.29, 0.717) is 30.3 Å². The Hall–Kier alpha value is -2.66. The lowest BCUT2D eigenvalue weighted by Crippen LogP contribution is -2.56. The van der Waals surface area contributed by atoms with Gasteiger partial charge in [0.05, 0.1) is 4.90 Å². The van der Waals surface area contributed by atoms with Crippen molar-refractivity contribution in [1.29, 1.82) is 0 Å². The molecule has 11 heteroatoms. The number of hydrogen-bond acceptors (Lipinski definition) is 6. The van der Waals surface area contributed by atoms with Crippen LogP contribution in [0, 0.1) is 0 Å². The van der Waals surface area contributed by atoms with Crippen molar-refractivity contribution in [2.45, 2.75) is 80.3 Å². The van der Waals surface area contributed by atoms with Crippen LogP contribution in [0.2, 0.25) is 0 Å². The maximum atomic E-state index is 13.9. The zero-order valence-electron chi connectivity index (χ0n) is 21.4. The molecule has 0 amide bonds. The zero-order chi connectivity index (χ0) is 27.9. The van der Waals surface area contributed by atoms with E-state index in [4.69, 9.17) is 4.74 Å². The number of sulfone groups is 1. The fourth-order valence-corrected chi connectivity index (χ4v) is 6.54. The summed E-state index contributed by atoms with van der Waals surface area (Å²) in [6, 6.07) is 11.4. The number of hydrogen-bond donors (Lipinski definition) is 0. The van der Waals surface area contributed by atoms with Gasteiger partial charge in [0.1, 0.15) is 11.4 Å². The predicted molar refractivity (Wildman–Crippen MR) is 133 cm³/mol. The molecule has 208 valence electrons. The molecule has 0 radical (unpaired) electrons. The summed E-state index contributed by atoms with van der Waals surface area (Å²) in [5.41, 5.74) is 0.235. The number of alkyl halides is 4. The van der Waals surface area contributed by atoms with Crippen molar-refractivity contribution in [3.05, 3.63) is 48.5 Å². The van der Waals surface area contributed by atoms with Gasteiger partial charge in [-0.25, -0.2) is 8.42 Å². The van der Waals surface area contributed by atoms with Gasteiger partial charge in [-0.2, -0.15) is 17.6 Å². The Kier molecular flexibility index (Phi) is 7.57.